The zero-order chi connectivity index (χ0) is 13.0. The quantitative estimate of drug-likeness (QED) is 0.599. The lowest BCUT2D eigenvalue weighted by Crippen LogP contribution is -2.11. The molecule has 18 heavy (non-hydrogen) atoms. The Kier molecular flexibility index (Phi) is 4.09. The SMILES string of the molecule is O=[N+]([O-])c1ccc(F)cc1OCCC1CCCO1. The largest absolute Gasteiger partial charge is 0.487 e. The number of rotatable bonds is 5. The minimum atomic E-state index is -0.582. The normalized spacial score (nSPS) is 18.8. The highest BCUT2D eigenvalue weighted by Gasteiger charge is 2.18. The van der Waals surface area contributed by atoms with E-state index in [0.29, 0.717) is 6.42 Å². The molecule has 2 rings (SSSR count). The van der Waals surface area contributed by atoms with Crippen molar-refractivity contribution in [1.82, 2.24) is 0 Å². The lowest BCUT2D eigenvalue weighted by molar-refractivity contribution is -0.385. The summed E-state index contributed by atoms with van der Waals surface area (Å²) in [7, 11) is 0. The number of hydrogen-bond donors (Lipinski definition) is 0. The molecular formula is C12H14FNO4. The third-order valence-corrected chi connectivity index (χ3v) is 2.84. The highest BCUT2D eigenvalue weighted by Crippen LogP contribution is 2.28. The Labute approximate surface area is 104 Å². The molecule has 1 saturated heterocycles. The molecule has 1 aromatic rings. The van der Waals surface area contributed by atoms with Crippen LogP contribution in [0.25, 0.3) is 0 Å². The van der Waals surface area contributed by atoms with Crippen molar-refractivity contribution < 1.29 is 18.8 Å². The van der Waals surface area contributed by atoms with Gasteiger partial charge >= 0.3 is 5.69 Å². The van der Waals surface area contributed by atoms with Gasteiger partial charge in [0.1, 0.15) is 5.82 Å². The van der Waals surface area contributed by atoms with Gasteiger partial charge in [-0.25, -0.2) is 4.39 Å². The summed E-state index contributed by atoms with van der Waals surface area (Å²) in [5, 5.41) is 10.7. The highest BCUT2D eigenvalue weighted by molar-refractivity contribution is 5.46. The summed E-state index contributed by atoms with van der Waals surface area (Å²) in [5.41, 5.74) is -0.219. The predicted octanol–water partition coefficient (Wildman–Crippen LogP) is 2.68. The van der Waals surface area contributed by atoms with Crippen LogP contribution in [0, 0.1) is 15.9 Å². The van der Waals surface area contributed by atoms with Crippen LogP contribution in [-0.2, 0) is 4.74 Å². The molecule has 1 unspecified atom stereocenters. The van der Waals surface area contributed by atoms with Crippen LogP contribution in [0.1, 0.15) is 19.3 Å². The van der Waals surface area contributed by atoms with Crippen LogP contribution < -0.4 is 4.74 Å². The summed E-state index contributed by atoms with van der Waals surface area (Å²) < 4.78 is 23.7. The summed E-state index contributed by atoms with van der Waals surface area (Å²) in [4.78, 5) is 10.1. The molecule has 1 aromatic carbocycles. The fraction of sp³-hybridized carbons (Fsp3) is 0.500. The molecule has 0 amide bonds. The van der Waals surface area contributed by atoms with Crippen LogP contribution in [0.5, 0.6) is 5.75 Å². The maximum absolute atomic E-state index is 13.0. The standard InChI is InChI=1S/C12H14FNO4/c13-9-3-4-11(14(15)16)12(8-9)18-7-5-10-2-1-6-17-10/h3-4,8,10H,1-2,5-7H2. The first-order valence-corrected chi connectivity index (χ1v) is 5.85. The van der Waals surface area contributed by atoms with Gasteiger partial charge in [0.25, 0.3) is 0 Å². The van der Waals surface area contributed by atoms with Crippen LogP contribution in [0.2, 0.25) is 0 Å². The van der Waals surface area contributed by atoms with Gasteiger partial charge in [0, 0.05) is 25.2 Å². The number of nitrogens with zero attached hydrogens (tertiary/aromatic N) is 1. The topological polar surface area (TPSA) is 61.6 Å². The van der Waals surface area contributed by atoms with E-state index in [1.54, 1.807) is 0 Å². The van der Waals surface area contributed by atoms with Crippen molar-refractivity contribution in [3.8, 4) is 5.75 Å². The van der Waals surface area contributed by atoms with E-state index in [1.165, 1.54) is 0 Å². The van der Waals surface area contributed by atoms with Crippen molar-refractivity contribution >= 4 is 5.69 Å². The molecule has 98 valence electrons. The predicted molar refractivity (Wildman–Crippen MR) is 62.1 cm³/mol. The lowest BCUT2D eigenvalue weighted by Gasteiger charge is -2.10. The zero-order valence-corrected chi connectivity index (χ0v) is 9.80. The van der Waals surface area contributed by atoms with Crippen molar-refractivity contribution in [2.24, 2.45) is 0 Å². The van der Waals surface area contributed by atoms with E-state index in [9.17, 15) is 14.5 Å². The van der Waals surface area contributed by atoms with E-state index in [4.69, 9.17) is 9.47 Å². The van der Waals surface area contributed by atoms with E-state index in [2.05, 4.69) is 0 Å². The number of ether oxygens (including phenoxy) is 2. The molecule has 0 saturated carbocycles. The molecule has 0 bridgehead atoms. The van der Waals surface area contributed by atoms with Crippen molar-refractivity contribution in [3.05, 3.63) is 34.1 Å². The monoisotopic (exact) mass is 255 g/mol. The van der Waals surface area contributed by atoms with Gasteiger partial charge < -0.3 is 9.47 Å². The number of hydrogen-bond acceptors (Lipinski definition) is 4. The van der Waals surface area contributed by atoms with Gasteiger partial charge in [-0.1, -0.05) is 0 Å². The van der Waals surface area contributed by atoms with Gasteiger partial charge in [-0.2, -0.15) is 0 Å². The van der Waals surface area contributed by atoms with Crippen molar-refractivity contribution in [2.75, 3.05) is 13.2 Å². The van der Waals surface area contributed by atoms with Crippen LogP contribution >= 0.6 is 0 Å². The van der Waals surface area contributed by atoms with Crippen LogP contribution in [0.3, 0.4) is 0 Å². The van der Waals surface area contributed by atoms with Gasteiger partial charge in [0.15, 0.2) is 5.75 Å². The molecule has 1 aliphatic rings. The number of halogens is 1. The minimum absolute atomic E-state index is 0.0296. The number of benzene rings is 1. The highest BCUT2D eigenvalue weighted by atomic mass is 19.1. The fourth-order valence-electron chi connectivity index (χ4n) is 1.93. The Morgan fingerprint density at radius 1 is 1.56 bits per heavy atom. The second-order valence-corrected chi connectivity index (χ2v) is 4.14. The van der Waals surface area contributed by atoms with E-state index in [-0.39, 0.29) is 24.1 Å². The first-order chi connectivity index (χ1) is 8.66. The summed E-state index contributed by atoms with van der Waals surface area (Å²) in [6.07, 6.45) is 2.82. The zero-order valence-electron chi connectivity index (χ0n) is 9.80. The van der Waals surface area contributed by atoms with Crippen LogP contribution in [-0.4, -0.2) is 24.2 Å². The Morgan fingerprint density at radius 3 is 3.06 bits per heavy atom. The first-order valence-electron chi connectivity index (χ1n) is 5.85. The molecular weight excluding hydrogens is 241 g/mol. The average molecular weight is 255 g/mol. The molecule has 0 aliphatic carbocycles. The Bertz CT molecular complexity index is 432. The Morgan fingerprint density at radius 2 is 2.39 bits per heavy atom. The molecule has 0 N–H and O–H groups in total. The van der Waals surface area contributed by atoms with E-state index >= 15 is 0 Å². The Hall–Kier alpha value is -1.69. The summed E-state index contributed by atoms with van der Waals surface area (Å²) in [5.74, 6) is -0.578. The van der Waals surface area contributed by atoms with E-state index < -0.39 is 10.7 Å². The Balaban J connectivity index is 1.94. The maximum Gasteiger partial charge on any atom is 0.311 e. The minimum Gasteiger partial charge on any atom is -0.487 e. The molecule has 1 heterocycles. The third kappa shape index (κ3) is 3.16. The second-order valence-electron chi connectivity index (χ2n) is 4.14. The van der Waals surface area contributed by atoms with Crippen molar-refractivity contribution in [1.29, 1.82) is 0 Å². The molecule has 6 heteroatoms. The number of nitro benzene ring substituents is 1. The van der Waals surface area contributed by atoms with Crippen LogP contribution in [0.15, 0.2) is 18.2 Å². The molecule has 1 atom stereocenters. The molecule has 5 nitrogen and oxygen atoms in total. The van der Waals surface area contributed by atoms with Gasteiger partial charge in [-0.3, -0.25) is 10.1 Å². The number of nitro groups is 1. The second kappa shape index (κ2) is 5.77. The molecule has 1 fully saturated rings. The summed E-state index contributed by atoms with van der Waals surface area (Å²) >= 11 is 0. The van der Waals surface area contributed by atoms with Crippen LogP contribution in [0.4, 0.5) is 10.1 Å². The maximum atomic E-state index is 13.0. The van der Waals surface area contributed by atoms with Gasteiger partial charge in [0.05, 0.1) is 17.6 Å². The smallest absolute Gasteiger partial charge is 0.311 e. The molecule has 1 aliphatic heterocycles. The lowest BCUT2D eigenvalue weighted by atomic mass is 10.2. The average Bonchev–Trinajstić information content (AvgIpc) is 2.82. The van der Waals surface area contributed by atoms with Crippen molar-refractivity contribution in [3.63, 3.8) is 0 Å². The van der Waals surface area contributed by atoms with E-state index in [0.717, 1.165) is 37.6 Å². The molecule has 0 spiro atoms. The fourth-order valence-corrected chi connectivity index (χ4v) is 1.93. The van der Waals surface area contributed by atoms with Gasteiger partial charge in [0.2, 0.25) is 0 Å². The van der Waals surface area contributed by atoms with E-state index in [1.807, 2.05) is 0 Å². The molecule has 0 radical (unpaired) electrons. The summed E-state index contributed by atoms with van der Waals surface area (Å²) in [6, 6.07) is 3.19. The van der Waals surface area contributed by atoms with Crippen molar-refractivity contribution in [2.45, 2.75) is 25.4 Å². The third-order valence-electron chi connectivity index (χ3n) is 2.84. The first kappa shape index (κ1) is 12.8. The molecule has 0 aromatic heterocycles. The van der Waals surface area contributed by atoms with Gasteiger partial charge in [-0.15, -0.1) is 0 Å². The van der Waals surface area contributed by atoms with Gasteiger partial charge in [-0.05, 0) is 18.9 Å². The summed E-state index contributed by atoms with van der Waals surface area (Å²) in [6.45, 7) is 1.04.